The van der Waals surface area contributed by atoms with Crippen LogP contribution >= 0.6 is 0 Å². The Balaban J connectivity index is 1.69. The Hall–Kier alpha value is -3.84. The van der Waals surface area contributed by atoms with Crippen LogP contribution in [0.1, 0.15) is 51.7 Å². The van der Waals surface area contributed by atoms with E-state index in [0.29, 0.717) is 24.0 Å². The summed E-state index contributed by atoms with van der Waals surface area (Å²) >= 11 is 0. The molecule has 1 aromatic heterocycles. The number of ketones is 2. The highest BCUT2D eigenvalue weighted by molar-refractivity contribution is 6.12. The van der Waals surface area contributed by atoms with Gasteiger partial charge < -0.3 is 0 Å². The maximum atomic E-state index is 12.5. The van der Waals surface area contributed by atoms with Crippen LogP contribution in [0.2, 0.25) is 0 Å². The summed E-state index contributed by atoms with van der Waals surface area (Å²) in [6.45, 7) is 1.46. The summed E-state index contributed by atoms with van der Waals surface area (Å²) in [6, 6.07) is 19.0. The summed E-state index contributed by atoms with van der Waals surface area (Å²) in [5.41, 5.74) is 3.71. The van der Waals surface area contributed by atoms with E-state index in [-0.39, 0.29) is 11.6 Å². The molecule has 148 valence electrons. The van der Waals surface area contributed by atoms with Gasteiger partial charge in [-0.15, -0.1) is 0 Å². The third-order valence-electron chi connectivity index (χ3n) is 4.68. The van der Waals surface area contributed by atoms with Crippen LogP contribution in [-0.2, 0) is 6.42 Å². The van der Waals surface area contributed by atoms with Crippen molar-refractivity contribution in [2.45, 2.75) is 26.2 Å². The minimum absolute atomic E-state index is 0.117. The number of carbonyl (C=O) groups is 2. The monoisotopic (exact) mass is 394 g/mol. The van der Waals surface area contributed by atoms with Gasteiger partial charge in [0, 0.05) is 22.9 Å². The van der Waals surface area contributed by atoms with Gasteiger partial charge in [-0.05, 0) is 55.7 Å². The van der Waals surface area contributed by atoms with Gasteiger partial charge in [-0.1, -0.05) is 48.6 Å². The highest BCUT2D eigenvalue weighted by atomic mass is 16.1. The van der Waals surface area contributed by atoms with Crippen molar-refractivity contribution in [3.8, 4) is 6.07 Å². The number of Topliss-reactive ketones (excluding diaryl/α,β-unsaturated/α-hetero) is 1. The first-order chi connectivity index (χ1) is 14.6. The van der Waals surface area contributed by atoms with Crippen molar-refractivity contribution in [1.82, 2.24) is 4.98 Å². The summed E-state index contributed by atoms with van der Waals surface area (Å²) in [7, 11) is 0. The highest BCUT2D eigenvalue weighted by Gasteiger charge is 2.11. The molecular weight excluding hydrogens is 372 g/mol. The van der Waals surface area contributed by atoms with E-state index in [9.17, 15) is 9.59 Å². The van der Waals surface area contributed by atoms with Gasteiger partial charge in [0.05, 0.1) is 17.3 Å². The second-order valence-electron chi connectivity index (χ2n) is 6.93. The van der Waals surface area contributed by atoms with Crippen LogP contribution in [0, 0.1) is 11.3 Å². The first-order valence-electron chi connectivity index (χ1n) is 9.82. The van der Waals surface area contributed by atoms with E-state index >= 15 is 0 Å². The molecule has 2 aromatic carbocycles. The number of benzene rings is 2. The van der Waals surface area contributed by atoms with Gasteiger partial charge in [-0.25, -0.2) is 4.98 Å². The second-order valence-corrected chi connectivity index (χ2v) is 6.93. The molecule has 1 heterocycles. The molecule has 3 rings (SSSR count). The van der Waals surface area contributed by atoms with Crippen LogP contribution in [0.25, 0.3) is 17.0 Å². The van der Waals surface area contributed by atoms with Gasteiger partial charge >= 0.3 is 0 Å². The predicted octanol–water partition coefficient (Wildman–Crippen LogP) is 5.74. The van der Waals surface area contributed by atoms with Crippen LogP contribution in [0.15, 0.2) is 72.8 Å². The average Bonchev–Trinajstić information content (AvgIpc) is 2.76. The van der Waals surface area contributed by atoms with Crippen molar-refractivity contribution >= 4 is 28.5 Å². The summed E-state index contributed by atoms with van der Waals surface area (Å²) in [5, 5.41) is 9.61. The van der Waals surface area contributed by atoms with Crippen molar-refractivity contribution in [1.29, 1.82) is 5.26 Å². The Morgan fingerprint density at radius 1 is 1.03 bits per heavy atom. The number of pyridine rings is 1. The standard InChI is InChI=1S/C26H22N2O2/c1-19(29)23-10-4-5-11-24(23)26(30)12-7-8-20-13-16-25-21(18-20)14-15-22(28-25)9-3-2-6-17-27/h3-5,7,9-16,18H,2,6,8H2,1H3/b9-3+,12-7+. The molecule has 4 nitrogen and oxygen atoms in total. The van der Waals surface area contributed by atoms with Crippen molar-refractivity contribution in [3.05, 3.63) is 95.2 Å². The molecule has 0 atom stereocenters. The number of allylic oxidation sites excluding steroid dienone is 3. The molecular formula is C26H22N2O2. The largest absolute Gasteiger partial charge is 0.294 e. The molecule has 0 radical (unpaired) electrons. The Morgan fingerprint density at radius 3 is 2.60 bits per heavy atom. The summed E-state index contributed by atoms with van der Waals surface area (Å²) < 4.78 is 0. The number of carbonyl (C=O) groups excluding carboxylic acids is 2. The van der Waals surface area contributed by atoms with Gasteiger partial charge in [-0.3, -0.25) is 9.59 Å². The molecule has 0 spiro atoms. The molecule has 0 saturated heterocycles. The summed E-state index contributed by atoms with van der Waals surface area (Å²) in [5.74, 6) is -0.287. The topological polar surface area (TPSA) is 70.8 Å². The zero-order chi connectivity index (χ0) is 21.3. The van der Waals surface area contributed by atoms with Crippen molar-refractivity contribution in [3.63, 3.8) is 0 Å². The lowest BCUT2D eigenvalue weighted by Gasteiger charge is -2.03. The molecule has 0 N–H and O–H groups in total. The molecule has 0 bridgehead atoms. The lowest BCUT2D eigenvalue weighted by molar-refractivity contribution is 0.0993. The van der Waals surface area contributed by atoms with E-state index < -0.39 is 0 Å². The highest BCUT2D eigenvalue weighted by Crippen LogP contribution is 2.17. The van der Waals surface area contributed by atoms with Gasteiger partial charge in [0.15, 0.2) is 11.6 Å². The minimum Gasteiger partial charge on any atom is -0.294 e. The fourth-order valence-electron chi connectivity index (χ4n) is 3.16. The third-order valence-corrected chi connectivity index (χ3v) is 4.68. The maximum absolute atomic E-state index is 12.5. The molecule has 0 unspecified atom stereocenters. The Bertz CT molecular complexity index is 1180. The number of hydrogen-bond donors (Lipinski definition) is 0. The smallest absolute Gasteiger partial charge is 0.186 e. The van der Waals surface area contributed by atoms with E-state index in [1.165, 1.54) is 13.0 Å². The van der Waals surface area contributed by atoms with Gasteiger partial charge in [0.25, 0.3) is 0 Å². The second kappa shape index (κ2) is 10.1. The molecule has 0 aliphatic carbocycles. The summed E-state index contributed by atoms with van der Waals surface area (Å²) in [6.07, 6.45) is 9.07. The quantitative estimate of drug-likeness (QED) is 0.278. The SMILES string of the molecule is CC(=O)c1ccccc1C(=O)/C=C/Cc1ccc2nc(/C=C/CCC#N)ccc2c1. The zero-order valence-electron chi connectivity index (χ0n) is 16.8. The van der Waals surface area contributed by atoms with E-state index in [4.69, 9.17) is 5.26 Å². The van der Waals surface area contributed by atoms with Crippen LogP contribution in [0.3, 0.4) is 0 Å². The number of nitriles is 1. The number of aromatic nitrogens is 1. The first kappa shape index (κ1) is 20.9. The van der Waals surface area contributed by atoms with Crippen LogP contribution in [0.5, 0.6) is 0 Å². The fourth-order valence-corrected chi connectivity index (χ4v) is 3.16. The number of unbranched alkanes of at least 4 members (excludes halogenated alkanes) is 1. The van der Waals surface area contributed by atoms with Gasteiger partial charge in [-0.2, -0.15) is 5.26 Å². The zero-order valence-corrected chi connectivity index (χ0v) is 16.8. The molecule has 4 heteroatoms. The Morgan fingerprint density at radius 2 is 1.83 bits per heavy atom. The van der Waals surface area contributed by atoms with Crippen LogP contribution in [-0.4, -0.2) is 16.6 Å². The number of rotatable bonds is 8. The maximum Gasteiger partial charge on any atom is 0.186 e. The van der Waals surface area contributed by atoms with Crippen molar-refractivity contribution in [2.75, 3.05) is 0 Å². The van der Waals surface area contributed by atoms with E-state index in [2.05, 4.69) is 17.1 Å². The van der Waals surface area contributed by atoms with Gasteiger partial charge in [0.1, 0.15) is 0 Å². The first-order valence-corrected chi connectivity index (χ1v) is 9.82. The lowest BCUT2D eigenvalue weighted by Crippen LogP contribution is -2.04. The summed E-state index contributed by atoms with van der Waals surface area (Å²) in [4.78, 5) is 28.8. The number of fused-ring (bicyclic) bond motifs is 1. The molecule has 30 heavy (non-hydrogen) atoms. The van der Waals surface area contributed by atoms with E-state index in [1.807, 2.05) is 42.5 Å². The Kier molecular flexibility index (Phi) is 7.02. The Labute approximate surface area is 176 Å². The molecule has 0 fully saturated rings. The minimum atomic E-state index is -0.170. The molecule has 0 aliphatic heterocycles. The number of hydrogen-bond acceptors (Lipinski definition) is 4. The van der Waals surface area contributed by atoms with Crippen LogP contribution < -0.4 is 0 Å². The van der Waals surface area contributed by atoms with Gasteiger partial charge in [0.2, 0.25) is 0 Å². The van der Waals surface area contributed by atoms with Crippen molar-refractivity contribution < 1.29 is 9.59 Å². The van der Waals surface area contributed by atoms with Crippen molar-refractivity contribution in [2.24, 2.45) is 0 Å². The third kappa shape index (κ3) is 5.36. The lowest BCUT2D eigenvalue weighted by atomic mass is 10.00. The predicted molar refractivity (Wildman–Crippen MR) is 119 cm³/mol. The molecule has 0 aliphatic rings. The van der Waals surface area contributed by atoms with Crippen LogP contribution in [0.4, 0.5) is 0 Å². The van der Waals surface area contributed by atoms with E-state index in [0.717, 1.165) is 28.6 Å². The molecule has 0 amide bonds. The molecule has 0 saturated carbocycles. The average molecular weight is 394 g/mol. The molecule has 3 aromatic rings. The number of nitrogens with zero attached hydrogens (tertiary/aromatic N) is 2. The fraction of sp³-hybridized carbons (Fsp3) is 0.154. The van der Waals surface area contributed by atoms with E-state index in [1.54, 1.807) is 24.3 Å². The normalized spacial score (nSPS) is 11.2.